The van der Waals surface area contributed by atoms with Gasteiger partial charge in [0, 0.05) is 43.9 Å². The summed E-state index contributed by atoms with van der Waals surface area (Å²) in [6.45, 7) is 4.22. The van der Waals surface area contributed by atoms with E-state index in [1.165, 1.54) is 23.3 Å². The zero-order valence-electron chi connectivity index (χ0n) is 18.7. The molecular formula is C26H25N5O3. The lowest BCUT2D eigenvalue weighted by atomic mass is 9.96. The third-order valence-electron chi connectivity index (χ3n) is 6.15. The van der Waals surface area contributed by atoms with Gasteiger partial charge in [0.05, 0.1) is 17.5 Å². The van der Waals surface area contributed by atoms with Gasteiger partial charge >= 0.3 is 0 Å². The van der Waals surface area contributed by atoms with Gasteiger partial charge in [-0.2, -0.15) is 0 Å². The van der Waals surface area contributed by atoms with Gasteiger partial charge in [-0.3, -0.25) is 19.9 Å². The summed E-state index contributed by atoms with van der Waals surface area (Å²) in [5.74, 6) is 0.918. The Morgan fingerprint density at radius 3 is 1.97 bits per heavy atom. The summed E-state index contributed by atoms with van der Waals surface area (Å²) < 4.78 is 5.84. The molecule has 0 aliphatic carbocycles. The average molecular weight is 456 g/mol. The van der Waals surface area contributed by atoms with Crippen LogP contribution < -0.4 is 0 Å². The van der Waals surface area contributed by atoms with Crippen molar-refractivity contribution in [3.05, 3.63) is 112 Å². The van der Waals surface area contributed by atoms with Crippen LogP contribution >= 0.6 is 0 Å². The molecule has 1 aromatic heterocycles. The topological polar surface area (TPSA) is 88.5 Å². The number of non-ortho nitro benzene ring substituents is 1. The lowest BCUT2D eigenvalue weighted by Crippen LogP contribution is -2.47. The van der Waals surface area contributed by atoms with Gasteiger partial charge in [-0.25, -0.2) is 0 Å². The zero-order chi connectivity index (χ0) is 23.3. The van der Waals surface area contributed by atoms with Crippen LogP contribution in [0.1, 0.15) is 23.1 Å². The van der Waals surface area contributed by atoms with Gasteiger partial charge in [-0.05, 0) is 23.3 Å². The third kappa shape index (κ3) is 4.88. The highest BCUT2D eigenvalue weighted by molar-refractivity contribution is 5.55. The van der Waals surface area contributed by atoms with Crippen LogP contribution in [-0.4, -0.2) is 51.1 Å². The van der Waals surface area contributed by atoms with Crippen LogP contribution in [0.25, 0.3) is 11.5 Å². The van der Waals surface area contributed by atoms with Gasteiger partial charge < -0.3 is 4.42 Å². The van der Waals surface area contributed by atoms with Crippen LogP contribution in [0.3, 0.4) is 0 Å². The van der Waals surface area contributed by atoms with E-state index in [0.717, 1.165) is 26.2 Å². The zero-order valence-corrected chi connectivity index (χ0v) is 18.7. The first-order valence-corrected chi connectivity index (χ1v) is 11.3. The van der Waals surface area contributed by atoms with E-state index < -0.39 is 4.92 Å². The van der Waals surface area contributed by atoms with Crippen molar-refractivity contribution in [1.29, 1.82) is 0 Å². The number of hydrogen-bond donors (Lipinski definition) is 0. The molecule has 1 aliphatic rings. The largest absolute Gasteiger partial charge is 0.419 e. The SMILES string of the molecule is O=[N+]([O-])c1ccc(-c2nnc(CN3CCN(C(c4ccccc4)c4ccccc4)CC3)o2)cc1. The van der Waals surface area contributed by atoms with Crippen LogP contribution in [0.4, 0.5) is 5.69 Å². The first kappa shape index (κ1) is 21.9. The van der Waals surface area contributed by atoms with Gasteiger partial charge in [0.2, 0.25) is 11.8 Å². The van der Waals surface area contributed by atoms with Crippen LogP contribution in [0.15, 0.2) is 89.3 Å². The fraction of sp³-hybridized carbons (Fsp3) is 0.231. The van der Waals surface area contributed by atoms with E-state index in [1.807, 2.05) is 0 Å². The highest BCUT2D eigenvalue weighted by Crippen LogP contribution is 2.30. The second-order valence-corrected chi connectivity index (χ2v) is 8.34. The molecule has 4 aromatic rings. The Morgan fingerprint density at radius 1 is 0.824 bits per heavy atom. The number of nitro benzene ring substituents is 1. The smallest absolute Gasteiger partial charge is 0.269 e. The summed E-state index contributed by atoms with van der Waals surface area (Å²) in [6.07, 6.45) is 0. The Morgan fingerprint density at radius 2 is 1.41 bits per heavy atom. The number of benzene rings is 3. The summed E-state index contributed by atoms with van der Waals surface area (Å²) >= 11 is 0. The molecule has 1 fully saturated rings. The van der Waals surface area contributed by atoms with Crippen LogP contribution in [-0.2, 0) is 6.54 Å². The second-order valence-electron chi connectivity index (χ2n) is 8.34. The summed E-state index contributed by atoms with van der Waals surface area (Å²) in [5, 5.41) is 19.2. The third-order valence-corrected chi connectivity index (χ3v) is 6.15. The van der Waals surface area contributed by atoms with E-state index in [4.69, 9.17) is 4.42 Å². The van der Waals surface area contributed by atoms with Crippen LogP contribution in [0.5, 0.6) is 0 Å². The van der Waals surface area contributed by atoms with E-state index >= 15 is 0 Å². The van der Waals surface area contributed by atoms with E-state index in [0.29, 0.717) is 23.9 Å². The minimum atomic E-state index is -0.428. The maximum Gasteiger partial charge on any atom is 0.269 e. The molecule has 5 rings (SSSR count). The molecule has 0 bridgehead atoms. The molecule has 0 unspecified atom stereocenters. The van der Waals surface area contributed by atoms with E-state index in [2.05, 4.69) is 80.7 Å². The molecule has 3 aromatic carbocycles. The minimum Gasteiger partial charge on any atom is -0.419 e. The molecule has 1 aliphatic heterocycles. The summed E-state index contributed by atoms with van der Waals surface area (Å²) in [5.41, 5.74) is 3.30. The van der Waals surface area contributed by atoms with Crippen molar-refractivity contribution in [2.45, 2.75) is 12.6 Å². The molecule has 0 saturated carbocycles. The van der Waals surface area contributed by atoms with E-state index in [9.17, 15) is 10.1 Å². The van der Waals surface area contributed by atoms with Gasteiger partial charge in [0.25, 0.3) is 5.69 Å². The van der Waals surface area contributed by atoms with Crippen molar-refractivity contribution in [2.24, 2.45) is 0 Å². The molecule has 34 heavy (non-hydrogen) atoms. The van der Waals surface area contributed by atoms with Crippen molar-refractivity contribution in [2.75, 3.05) is 26.2 Å². The Balaban J connectivity index is 1.23. The molecule has 172 valence electrons. The summed E-state index contributed by atoms with van der Waals surface area (Å²) in [4.78, 5) is 15.3. The Bertz CT molecular complexity index is 1180. The maximum absolute atomic E-state index is 10.8. The summed E-state index contributed by atoms with van der Waals surface area (Å²) in [7, 11) is 0. The summed E-state index contributed by atoms with van der Waals surface area (Å²) in [6, 6.07) is 27.6. The molecule has 0 amide bonds. The minimum absolute atomic E-state index is 0.0330. The average Bonchev–Trinajstić information content (AvgIpc) is 3.35. The molecule has 0 atom stereocenters. The van der Waals surface area contributed by atoms with Gasteiger partial charge in [0.1, 0.15) is 0 Å². The molecule has 8 nitrogen and oxygen atoms in total. The first-order chi connectivity index (χ1) is 16.7. The standard InChI is InChI=1S/C26H25N5O3/c32-31(33)23-13-11-22(12-14-23)26-28-27-24(34-26)19-29-15-17-30(18-16-29)25(20-7-3-1-4-8-20)21-9-5-2-6-10-21/h1-14,25H,15-19H2. The number of nitrogens with zero attached hydrogens (tertiary/aromatic N) is 5. The van der Waals surface area contributed by atoms with Gasteiger partial charge in [0.15, 0.2) is 0 Å². The van der Waals surface area contributed by atoms with E-state index in [-0.39, 0.29) is 11.7 Å². The van der Waals surface area contributed by atoms with Crippen molar-refractivity contribution < 1.29 is 9.34 Å². The van der Waals surface area contributed by atoms with Crippen molar-refractivity contribution in [3.8, 4) is 11.5 Å². The molecule has 0 N–H and O–H groups in total. The molecule has 1 saturated heterocycles. The predicted molar refractivity (Wildman–Crippen MR) is 128 cm³/mol. The van der Waals surface area contributed by atoms with Crippen molar-refractivity contribution >= 4 is 5.69 Å². The molecule has 2 heterocycles. The lowest BCUT2D eigenvalue weighted by molar-refractivity contribution is -0.384. The quantitative estimate of drug-likeness (QED) is 0.298. The molecular weight excluding hydrogens is 430 g/mol. The number of nitro groups is 1. The number of hydrogen-bond acceptors (Lipinski definition) is 7. The Labute approximate surface area is 197 Å². The number of piperazine rings is 1. The maximum atomic E-state index is 10.8. The van der Waals surface area contributed by atoms with Crippen LogP contribution in [0, 0.1) is 10.1 Å². The fourth-order valence-corrected chi connectivity index (χ4v) is 4.42. The normalized spacial score (nSPS) is 15.0. The Kier molecular flexibility index (Phi) is 6.42. The lowest BCUT2D eigenvalue weighted by Gasteiger charge is -2.39. The monoisotopic (exact) mass is 455 g/mol. The highest BCUT2D eigenvalue weighted by Gasteiger charge is 2.27. The van der Waals surface area contributed by atoms with Gasteiger partial charge in [-0.1, -0.05) is 60.7 Å². The molecule has 0 spiro atoms. The highest BCUT2D eigenvalue weighted by atomic mass is 16.6. The fourth-order valence-electron chi connectivity index (χ4n) is 4.42. The molecule has 0 radical (unpaired) electrons. The first-order valence-electron chi connectivity index (χ1n) is 11.3. The Hall–Kier alpha value is -3.88. The van der Waals surface area contributed by atoms with E-state index in [1.54, 1.807) is 12.1 Å². The number of aromatic nitrogens is 2. The number of rotatable bonds is 7. The van der Waals surface area contributed by atoms with Crippen LogP contribution in [0.2, 0.25) is 0 Å². The van der Waals surface area contributed by atoms with Crippen molar-refractivity contribution in [1.82, 2.24) is 20.0 Å². The van der Waals surface area contributed by atoms with Gasteiger partial charge in [-0.15, -0.1) is 10.2 Å². The second kappa shape index (κ2) is 9.94. The molecule has 8 heteroatoms. The predicted octanol–water partition coefficient (Wildman–Crippen LogP) is 4.55. The van der Waals surface area contributed by atoms with Crippen molar-refractivity contribution in [3.63, 3.8) is 0 Å².